The molecule has 0 aliphatic carbocycles. The number of nitrogens with zero attached hydrogens (tertiary/aromatic N) is 1. The lowest BCUT2D eigenvalue weighted by Crippen LogP contribution is -2.16. The maximum absolute atomic E-state index is 11.2. The van der Waals surface area contributed by atoms with Crippen molar-refractivity contribution in [2.75, 3.05) is 13.1 Å². The lowest BCUT2D eigenvalue weighted by Gasteiger charge is -2.10. The molecule has 0 saturated heterocycles. The van der Waals surface area contributed by atoms with Crippen LogP contribution in [0.25, 0.3) is 11.1 Å². The van der Waals surface area contributed by atoms with E-state index in [1.165, 1.54) is 0 Å². The van der Waals surface area contributed by atoms with Gasteiger partial charge in [0.25, 0.3) is 5.69 Å². The first kappa shape index (κ1) is 17.1. The van der Waals surface area contributed by atoms with Crippen molar-refractivity contribution in [3.63, 3.8) is 0 Å². The van der Waals surface area contributed by atoms with Crippen LogP contribution in [-0.2, 0) is 6.42 Å². The lowest BCUT2D eigenvalue weighted by molar-refractivity contribution is -0.384. The van der Waals surface area contributed by atoms with Gasteiger partial charge in [0.1, 0.15) is 0 Å². The van der Waals surface area contributed by atoms with Crippen LogP contribution in [0.3, 0.4) is 0 Å². The van der Waals surface area contributed by atoms with Crippen LogP contribution in [0.1, 0.15) is 12.5 Å². The van der Waals surface area contributed by atoms with Crippen molar-refractivity contribution in [3.8, 4) is 11.1 Å². The Kier molecular flexibility index (Phi) is 6.85. The van der Waals surface area contributed by atoms with Gasteiger partial charge in [0.2, 0.25) is 0 Å². The molecule has 0 aromatic heterocycles. The Morgan fingerprint density at radius 2 is 1.67 bits per heavy atom. The maximum Gasteiger partial charge on any atom is 0.277 e. The van der Waals surface area contributed by atoms with Crippen molar-refractivity contribution in [2.24, 2.45) is 0 Å². The molecule has 2 aromatic rings. The number of para-hydroxylation sites is 1. The summed E-state index contributed by atoms with van der Waals surface area (Å²) in [6, 6.07) is 14.8. The van der Waals surface area contributed by atoms with Crippen LogP contribution in [-0.4, -0.2) is 18.0 Å². The molecule has 0 bridgehead atoms. The Labute approximate surface area is 130 Å². The number of nitrogens with one attached hydrogen (secondary N) is 1. The van der Waals surface area contributed by atoms with E-state index in [1.807, 2.05) is 36.4 Å². The standard InChI is InChI=1S/C16H18N2O2.ClH/c1-2-17-12-11-13-7-3-4-8-14(13)15-9-5-6-10-16(15)18(19)20;/h3-10,17H,2,11-12H2,1H3;1H. The molecule has 0 amide bonds. The monoisotopic (exact) mass is 306 g/mol. The zero-order chi connectivity index (χ0) is 14.4. The normalized spacial score (nSPS) is 9.95. The maximum atomic E-state index is 11.2. The first-order valence-corrected chi connectivity index (χ1v) is 6.76. The Morgan fingerprint density at radius 3 is 2.33 bits per heavy atom. The number of nitro benzene ring substituents is 1. The first-order chi connectivity index (χ1) is 9.74. The van der Waals surface area contributed by atoms with Gasteiger partial charge in [0.15, 0.2) is 0 Å². The highest BCUT2D eigenvalue weighted by Crippen LogP contribution is 2.31. The molecule has 0 aliphatic rings. The zero-order valence-electron chi connectivity index (χ0n) is 11.9. The lowest BCUT2D eigenvalue weighted by atomic mass is 9.96. The minimum Gasteiger partial charge on any atom is -0.317 e. The molecule has 0 saturated carbocycles. The van der Waals surface area contributed by atoms with Crippen LogP contribution < -0.4 is 5.32 Å². The highest BCUT2D eigenvalue weighted by atomic mass is 35.5. The quantitative estimate of drug-likeness (QED) is 0.501. The Hall–Kier alpha value is -1.91. The highest BCUT2D eigenvalue weighted by Gasteiger charge is 2.16. The summed E-state index contributed by atoms with van der Waals surface area (Å²) in [7, 11) is 0. The van der Waals surface area contributed by atoms with Gasteiger partial charge in [-0.15, -0.1) is 12.4 Å². The second kappa shape index (κ2) is 8.39. The third-order valence-electron chi connectivity index (χ3n) is 3.23. The predicted molar refractivity (Wildman–Crippen MR) is 88.0 cm³/mol. The van der Waals surface area contributed by atoms with Gasteiger partial charge in [-0.3, -0.25) is 10.1 Å². The van der Waals surface area contributed by atoms with Gasteiger partial charge in [0.05, 0.1) is 10.5 Å². The number of hydrogen-bond donors (Lipinski definition) is 1. The summed E-state index contributed by atoms with van der Waals surface area (Å²) in [4.78, 5) is 10.8. The minimum absolute atomic E-state index is 0. The van der Waals surface area contributed by atoms with Crippen LogP contribution in [0.2, 0.25) is 0 Å². The second-order valence-electron chi connectivity index (χ2n) is 4.53. The summed E-state index contributed by atoms with van der Waals surface area (Å²) < 4.78 is 0. The van der Waals surface area contributed by atoms with E-state index in [4.69, 9.17) is 0 Å². The number of halogens is 1. The van der Waals surface area contributed by atoms with Gasteiger partial charge in [0, 0.05) is 6.07 Å². The molecule has 21 heavy (non-hydrogen) atoms. The van der Waals surface area contributed by atoms with Crippen molar-refractivity contribution < 1.29 is 4.92 Å². The minimum atomic E-state index is -0.323. The molecule has 0 aliphatic heterocycles. The summed E-state index contributed by atoms with van der Waals surface area (Å²) >= 11 is 0. The third-order valence-corrected chi connectivity index (χ3v) is 3.23. The summed E-state index contributed by atoms with van der Waals surface area (Å²) in [6.45, 7) is 3.86. The smallest absolute Gasteiger partial charge is 0.277 e. The molecular formula is C16H19ClN2O2. The molecule has 0 radical (unpaired) electrons. The van der Waals surface area contributed by atoms with Gasteiger partial charge in [-0.1, -0.05) is 43.3 Å². The van der Waals surface area contributed by atoms with Crippen molar-refractivity contribution in [3.05, 3.63) is 64.2 Å². The molecule has 2 rings (SSSR count). The van der Waals surface area contributed by atoms with E-state index >= 15 is 0 Å². The van der Waals surface area contributed by atoms with Crippen molar-refractivity contribution in [1.82, 2.24) is 5.32 Å². The number of benzene rings is 2. The Morgan fingerprint density at radius 1 is 1.05 bits per heavy atom. The van der Waals surface area contributed by atoms with E-state index in [1.54, 1.807) is 12.1 Å². The van der Waals surface area contributed by atoms with Crippen molar-refractivity contribution >= 4 is 18.1 Å². The summed E-state index contributed by atoms with van der Waals surface area (Å²) in [6.07, 6.45) is 0.857. The first-order valence-electron chi connectivity index (χ1n) is 6.76. The number of nitro groups is 1. The van der Waals surface area contributed by atoms with Gasteiger partial charge in [-0.2, -0.15) is 0 Å². The van der Waals surface area contributed by atoms with Crippen LogP contribution in [0.4, 0.5) is 5.69 Å². The number of likely N-dealkylation sites (N-methyl/N-ethyl adjacent to an activating group) is 1. The average molecular weight is 307 g/mol. The zero-order valence-corrected chi connectivity index (χ0v) is 12.7. The van der Waals surface area contributed by atoms with E-state index in [0.717, 1.165) is 30.6 Å². The van der Waals surface area contributed by atoms with Gasteiger partial charge in [-0.05, 0) is 36.7 Å². The molecule has 4 nitrogen and oxygen atoms in total. The summed E-state index contributed by atoms with van der Waals surface area (Å²) in [5.74, 6) is 0. The molecular weight excluding hydrogens is 288 g/mol. The van der Waals surface area contributed by atoms with E-state index in [9.17, 15) is 10.1 Å². The Bertz CT molecular complexity index is 602. The molecule has 0 atom stereocenters. The van der Waals surface area contributed by atoms with Crippen LogP contribution in [0, 0.1) is 10.1 Å². The van der Waals surface area contributed by atoms with Crippen LogP contribution in [0.15, 0.2) is 48.5 Å². The molecule has 112 valence electrons. The Balaban J connectivity index is 0.00000220. The fraction of sp³-hybridized carbons (Fsp3) is 0.250. The predicted octanol–water partition coefficient (Wildman–Crippen LogP) is 3.84. The fourth-order valence-electron chi connectivity index (χ4n) is 2.26. The third kappa shape index (κ3) is 4.28. The van der Waals surface area contributed by atoms with Crippen molar-refractivity contribution in [1.29, 1.82) is 0 Å². The fourth-order valence-corrected chi connectivity index (χ4v) is 2.26. The van der Waals surface area contributed by atoms with E-state index in [2.05, 4.69) is 12.2 Å². The second-order valence-corrected chi connectivity index (χ2v) is 4.53. The molecule has 5 heteroatoms. The van der Waals surface area contributed by atoms with Gasteiger partial charge in [-0.25, -0.2) is 0 Å². The highest BCUT2D eigenvalue weighted by molar-refractivity contribution is 5.85. The summed E-state index contributed by atoms with van der Waals surface area (Å²) in [5, 5.41) is 14.4. The van der Waals surface area contributed by atoms with Gasteiger partial charge >= 0.3 is 0 Å². The van der Waals surface area contributed by atoms with E-state index in [0.29, 0.717) is 5.56 Å². The SMILES string of the molecule is CCNCCc1ccccc1-c1ccccc1[N+](=O)[O-].Cl. The van der Waals surface area contributed by atoms with Crippen LogP contribution >= 0.6 is 12.4 Å². The topological polar surface area (TPSA) is 55.2 Å². The molecule has 2 aromatic carbocycles. The molecule has 0 heterocycles. The van der Waals surface area contributed by atoms with E-state index < -0.39 is 0 Å². The summed E-state index contributed by atoms with van der Waals surface area (Å²) in [5.41, 5.74) is 2.91. The van der Waals surface area contributed by atoms with Gasteiger partial charge < -0.3 is 5.32 Å². The average Bonchev–Trinajstić information content (AvgIpc) is 2.48. The molecule has 1 N–H and O–H groups in total. The number of hydrogen-bond acceptors (Lipinski definition) is 3. The van der Waals surface area contributed by atoms with Crippen LogP contribution in [0.5, 0.6) is 0 Å². The van der Waals surface area contributed by atoms with Crippen molar-refractivity contribution in [2.45, 2.75) is 13.3 Å². The molecule has 0 fully saturated rings. The van der Waals surface area contributed by atoms with E-state index in [-0.39, 0.29) is 23.0 Å². The largest absolute Gasteiger partial charge is 0.317 e. The molecule has 0 unspecified atom stereocenters. The molecule has 0 spiro atoms. The number of rotatable bonds is 6.